The van der Waals surface area contributed by atoms with Gasteiger partial charge >= 0.3 is 0 Å². The zero-order valence-electron chi connectivity index (χ0n) is 16.3. The molecule has 2 aromatic heterocycles. The summed E-state index contributed by atoms with van der Waals surface area (Å²) in [6.07, 6.45) is 1.62. The molecule has 8 heteroatoms. The van der Waals surface area contributed by atoms with Crippen molar-refractivity contribution in [2.45, 2.75) is 32.5 Å². The van der Waals surface area contributed by atoms with E-state index in [-0.39, 0.29) is 24.1 Å². The molecule has 1 amide bonds. The second-order valence-electron chi connectivity index (χ2n) is 7.52. The Morgan fingerprint density at radius 3 is 2.76 bits per heavy atom. The molecule has 1 aliphatic rings. The zero-order chi connectivity index (χ0) is 20.8. The third-order valence-electron chi connectivity index (χ3n) is 5.00. The van der Waals surface area contributed by atoms with Crippen LogP contribution in [0.5, 0.6) is 0 Å². The second-order valence-corrected chi connectivity index (χ2v) is 7.95. The average Bonchev–Trinajstić information content (AvgIpc) is 2.94. The number of amides is 1. The van der Waals surface area contributed by atoms with Crippen LogP contribution in [0.3, 0.4) is 0 Å². The van der Waals surface area contributed by atoms with Crippen LogP contribution in [0.4, 0.5) is 11.5 Å². The lowest BCUT2D eigenvalue weighted by Gasteiger charge is -2.30. The van der Waals surface area contributed by atoms with Gasteiger partial charge in [-0.1, -0.05) is 11.6 Å². The number of hydrogen-bond acceptors (Lipinski definition) is 5. The van der Waals surface area contributed by atoms with Gasteiger partial charge in [-0.2, -0.15) is 0 Å². The van der Waals surface area contributed by atoms with E-state index in [9.17, 15) is 9.59 Å². The van der Waals surface area contributed by atoms with E-state index in [0.29, 0.717) is 22.1 Å². The van der Waals surface area contributed by atoms with Gasteiger partial charge in [0.25, 0.3) is 11.5 Å². The maximum absolute atomic E-state index is 12.5. The number of carbonyl (C=O) groups is 1. The number of hydrogen-bond donors (Lipinski definition) is 2. The molecular formula is C21H21ClN4O3. The number of pyridine rings is 2. The maximum Gasteiger partial charge on any atom is 0.255 e. The lowest BCUT2D eigenvalue weighted by atomic mass is 10.1. The molecule has 1 atom stereocenters. The van der Waals surface area contributed by atoms with Gasteiger partial charge < -0.3 is 15.0 Å². The summed E-state index contributed by atoms with van der Waals surface area (Å²) in [6.45, 7) is 5.61. The fourth-order valence-corrected chi connectivity index (χ4v) is 3.76. The summed E-state index contributed by atoms with van der Waals surface area (Å²) in [4.78, 5) is 33.6. The van der Waals surface area contributed by atoms with E-state index in [0.717, 1.165) is 10.9 Å². The van der Waals surface area contributed by atoms with E-state index in [1.807, 2.05) is 32.9 Å². The summed E-state index contributed by atoms with van der Waals surface area (Å²) in [7, 11) is 0. The molecule has 2 N–H and O–H groups in total. The first-order valence-corrected chi connectivity index (χ1v) is 9.64. The second kappa shape index (κ2) is 7.17. The Bertz CT molecular complexity index is 1160. The van der Waals surface area contributed by atoms with Crippen LogP contribution < -0.4 is 15.8 Å². The van der Waals surface area contributed by atoms with Crippen LogP contribution in [0.1, 0.15) is 32.4 Å². The molecular weight excluding hydrogens is 392 g/mol. The van der Waals surface area contributed by atoms with Gasteiger partial charge in [-0.3, -0.25) is 14.5 Å². The molecule has 1 aliphatic heterocycles. The predicted molar refractivity (Wildman–Crippen MR) is 113 cm³/mol. The fourth-order valence-electron chi connectivity index (χ4n) is 3.58. The molecule has 0 spiro atoms. The molecule has 29 heavy (non-hydrogen) atoms. The number of nitrogens with zero attached hydrogens (tertiary/aromatic N) is 2. The number of halogens is 1. The monoisotopic (exact) mass is 412 g/mol. The van der Waals surface area contributed by atoms with Gasteiger partial charge in [0.1, 0.15) is 18.1 Å². The molecule has 0 unspecified atom stereocenters. The van der Waals surface area contributed by atoms with E-state index in [2.05, 4.69) is 15.3 Å². The van der Waals surface area contributed by atoms with Gasteiger partial charge in [0.05, 0.1) is 11.7 Å². The SMILES string of the molecule is C[C@H](Nc1cc(N2C(=O)COC2(C)C)ccn1)c1cc2cc(Cl)ccc2[nH]c1=O. The molecule has 1 aromatic carbocycles. The Labute approximate surface area is 172 Å². The topological polar surface area (TPSA) is 87.3 Å². The number of aromatic nitrogens is 2. The fraction of sp³-hybridized carbons (Fsp3) is 0.286. The Hall–Kier alpha value is -2.90. The van der Waals surface area contributed by atoms with E-state index in [1.165, 1.54) is 0 Å². The number of rotatable bonds is 4. The van der Waals surface area contributed by atoms with Crippen LogP contribution in [0.25, 0.3) is 10.9 Å². The highest BCUT2D eigenvalue weighted by Gasteiger charge is 2.40. The van der Waals surface area contributed by atoms with Crippen molar-refractivity contribution in [1.82, 2.24) is 9.97 Å². The number of anilines is 2. The number of fused-ring (bicyclic) bond motifs is 1. The Balaban J connectivity index is 1.63. The van der Waals surface area contributed by atoms with Crippen molar-refractivity contribution in [2.75, 3.05) is 16.8 Å². The minimum atomic E-state index is -0.726. The number of carbonyl (C=O) groups excluding carboxylic acids is 1. The summed E-state index contributed by atoms with van der Waals surface area (Å²) in [6, 6.07) is 10.4. The molecule has 0 saturated carbocycles. The van der Waals surface area contributed by atoms with Crippen molar-refractivity contribution in [1.29, 1.82) is 0 Å². The Morgan fingerprint density at radius 1 is 1.24 bits per heavy atom. The summed E-state index contributed by atoms with van der Waals surface area (Å²) >= 11 is 6.07. The Morgan fingerprint density at radius 2 is 2.03 bits per heavy atom. The van der Waals surface area contributed by atoms with Crippen molar-refractivity contribution < 1.29 is 9.53 Å². The Kier molecular flexibility index (Phi) is 4.80. The van der Waals surface area contributed by atoms with Crippen molar-refractivity contribution in [2.24, 2.45) is 0 Å². The number of nitrogens with one attached hydrogen (secondary N) is 2. The van der Waals surface area contributed by atoms with E-state index in [4.69, 9.17) is 16.3 Å². The lowest BCUT2D eigenvalue weighted by Crippen LogP contribution is -2.41. The molecule has 0 radical (unpaired) electrons. The maximum atomic E-state index is 12.5. The first-order chi connectivity index (χ1) is 13.7. The summed E-state index contributed by atoms with van der Waals surface area (Å²) in [5, 5.41) is 4.69. The van der Waals surface area contributed by atoms with Crippen molar-refractivity contribution in [3.63, 3.8) is 0 Å². The van der Waals surface area contributed by atoms with Crippen molar-refractivity contribution in [3.8, 4) is 0 Å². The molecule has 1 fully saturated rings. The quantitative estimate of drug-likeness (QED) is 0.679. The molecule has 7 nitrogen and oxygen atoms in total. The van der Waals surface area contributed by atoms with Gasteiger partial charge in [0.2, 0.25) is 0 Å². The number of H-pyrrole nitrogens is 1. The molecule has 150 valence electrons. The van der Waals surface area contributed by atoms with Crippen molar-refractivity contribution >= 4 is 39.9 Å². The molecule has 3 aromatic rings. The largest absolute Gasteiger partial charge is 0.363 e. The van der Waals surface area contributed by atoms with Crippen LogP contribution in [0.2, 0.25) is 5.02 Å². The third kappa shape index (κ3) is 3.71. The first-order valence-electron chi connectivity index (χ1n) is 9.27. The van der Waals surface area contributed by atoms with Crippen LogP contribution in [-0.2, 0) is 9.53 Å². The molecule has 4 rings (SSSR count). The highest BCUT2D eigenvalue weighted by Crippen LogP contribution is 2.31. The van der Waals surface area contributed by atoms with Crippen molar-refractivity contribution in [3.05, 3.63) is 63.5 Å². The van der Waals surface area contributed by atoms with E-state index in [1.54, 1.807) is 35.4 Å². The molecule has 3 heterocycles. The highest BCUT2D eigenvalue weighted by atomic mass is 35.5. The summed E-state index contributed by atoms with van der Waals surface area (Å²) < 4.78 is 5.56. The highest BCUT2D eigenvalue weighted by molar-refractivity contribution is 6.31. The van der Waals surface area contributed by atoms with Crippen LogP contribution in [-0.4, -0.2) is 28.2 Å². The van der Waals surface area contributed by atoms with Gasteiger partial charge in [-0.05, 0) is 51.1 Å². The normalized spacial score (nSPS) is 17.0. The number of benzene rings is 1. The van der Waals surface area contributed by atoms with E-state index < -0.39 is 5.72 Å². The third-order valence-corrected chi connectivity index (χ3v) is 5.24. The standard InChI is InChI=1S/C21H21ClN4O3/c1-12(16-9-13-8-14(22)4-5-17(13)25-20(16)28)24-18-10-15(6-7-23-18)26-19(27)11-29-21(26,2)3/h4-10,12H,11H2,1-3H3,(H,23,24)(H,25,28)/t12-/m0/s1. The zero-order valence-corrected chi connectivity index (χ0v) is 17.1. The number of ether oxygens (including phenoxy) is 1. The van der Waals surface area contributed by atoms with Crippen LogP contribution in [0, 0.1) is 0 Å². The first kappa shape index (κ1) is 19.4. The summed E-state index contributed by atoms with van der Waals surface area (Å²) in [5.41, 5.74) is 1.07. The molecule has 0 aliphatic carbocycles. The lowest BCUT2D eigenvalue weighted by molar-refractivity contribution is -0.117. The smallest absolute Gasteiger partial charge is 0.255 e. The molecule has 1 saturated heterocycles. The predicted octanol–water partition coefficient (Wildman–Crippen LogP) is 3.85. The van der Waals surface area contributed by atoms with Gasteiger partial charge in [-0.25, -0.2) is 4.98 Å². The van der Waals surface area contributed by atoms with E-state index >= 15 is 0 Å². The summed E-state index contributed by atoms with van der Waals surface area (Å²) in [5.74, 6) is 0.444. The minimum Gasteiger partial charge on any atom is -0.363 e. The van der Waals surface area contributed by atoms with Crippen LogP contribution in [0.15, 0.2) is 47.4 Å². The van der Waals surface area contributed by atoms with Crippen LogP contribution >= 0.6 is 11.6 Å². The van der Waals surface area contributed by atoms with Gasteiger partial charge in [-0.15, -0.1) is 0 Å². The van der Waals surface area contributed by atoms with Gasteiger partial charge in [0.15, 0.2) is 0 Å². The van der Waals surface area contributed by atoms with Gasteiger partial charge in [0, 0.05) is 33.8 Å². The average molecular weight is 413 g/mol. The minimum absolute atomic E-state index is 0.0452. The number of aromatic amines is 1. The molecule has 0 bridgehead atoms.